The maximum Gasteiger partial charge on any atom is 0.127 e. The number of nitrogen functional groups attached to an aromatic ring is 1. The zero-order valence-corrected chi connectivity index (χ0v) is 8.01. The van der Waals surface area contributed by atoms with Gasteiger partial charge in [-0.3, -0.25) is 4.98 Å². The van der Waals surface area contributed by atoms with Crippen LogP contribution in [0.5, 0.6) is 0 Å². The monoisotopic (exact) mass is 188 g/mol. The fourth-order valence-corrected chi connectivity index (χ4v) is 1.31. The first-order chi connectivity index (χ1) is 6.81. The van der Waals surface area contributed by atoms with Crippen molar-refractivity contribution in [3.8, 4) is 5.69 Å². The molecule has 0 unspecified atom stereocenters. The summed E-state index contributed by atoms with van der Waals surface area (Å²) in [4.78, 5) is 3.95. The van der Waals surface area contributed by atoms with Crippen LogP contribution in [-0.2, 0) is 6.42 Å². The van der Waals surface area contributed by atoms with Crippen LogP contribution in [0.25, 0.3) is 5.69 Å². The van der Waals surface area contributed by atoms with Crippen molar-refractivity contribution < 1.29 is 0 Å². The van der Waals surface area contributed by atoms with Gasteiger partial charge in [0.2, 0.25) is 0 Å². The smallest absolute Gasteiger partial charge is 0.127 e. The van der Waals surface area contributed by atoms with E-state index < -0.39 is 0 Å². The van der Waals surface area contributed by atoms with Crippen LogP contribution < -0.4 is 5.73 Å². The van der Waals surface area contributed by atoms with E-state index in [1.807, 2.05) is 18.2 Å². The van der Waals surface area contributed by atoms with Crippen molar-refractivity contribution in [2.24, 2.45) is 0 Å². The van der Waals surface area contributed by atoms with Crippen LogP contribution in [0.15, 0.2) is 30.6 Å². The number of aryl methyl sites for hydroxylation is 1. The van der Waals surface area contributed by atoms with Gasteiger partial charge >= 0.3 is 0 Å². The maximum absolute atomic E-state index is 5.83. The molecule has 14 heavy (non-hydrogen) atoms. The highest BCUT2D eigenvalue weighted by molar-refractivity contribution is 5.41. The summed E-state index contributed by atoms with van der Waals surface area (Å²) >= 11 is 0. The lowest BCUT2D eigenvalue weighted by Gasteiger charge is -2.01. The van der Waals surface area contributed by atoms with Crippen LogP contribution in [0.2, 0.25) is 0 Å². The fraction of sp³-hybridized carbons (Fsp3) is 0.200. The van der Waals surface area contributed by atoms with E-state index in [4.69, 9.17) is 5.73 Å². The van der Waals surface area contributed by atoms with Crippen molar-refractivity contribution in [3.05, 3.63) is 36.3 Å². The molecule has 0 aliphatic rings. The molecular weight excluding hydrogens is 176 g/mol. The van der Waals surface area contributed by atoms with Gasteiger partial charge in [-0.15, -0.1) is 0 Å². The quantitative estimate of drug-likeness (QED) is 0.775. The summed E-state index contributed by atoms with van der Waals surface area (Å²) in [6.07, 6.45) is 4.34. The molecule has 0 bridgehead atoms. The van der Waals surface area contributed by atoms with Gasteiger partial charge in [0, 0.05) is 18.5 Å². The third-order valence-corrected chi connectivity index (χ3v) is 2.06. The van der Waals surface area contributed by atoms with Crippen molar-refractivity contribution in [2.75, 3.05) is 5.73 Å². The van der Waals surface area contributed by atoms with Gasteiger partial charge in [0.05, 0.1) is 11.4 Å². The van der Waals surface area contributed by atoms with Crippen LogP contribution in [0.4, 0.5) is 5.82 Å². The number of nitrogens with zero attached hydrogens (tertiary/aromatic N) is 3. The van der Waals surface area contributed by atoms with Crippen molar-refractivity contribution in [1.29, 1.82) is 0 Å². The van der Waals surface area contributed by atoms with E-state index in [0.717, 1.165) is 17.8 Å². The molecule has 0 aromatic carbocycles. The Morgan fingerprint density at radius 2 is 2.07 bits per heavy atom. The minimum Gasteiger partial charge on any atom is -0.384 e. The second kappa shape index (κ2) is 3.49. The molecule has 72 valence electrons. The molecule has 4 heteroatoms. The molecule has 0 atom stereocenters. The molecule has 2 aromatic heterocycles. The van der Waals surface area contributed by atoms with Gasteiger partial charge < -0.3 is 5.73 Å². The predicted octanol–water partition coefficient (Wildman–Crippen LogP) is 1.41. The van der Waals surface area contributed by atoms with Gasteiger partial charge in [0.1, 0.15) is 5.82 Å². The van der Waals surface area contributed by atoms with Gasteiger partial charge in [-0.25, -0.2) is 4.68 Å². The van der Waals surface area contributed by atoms with E-state index >= 15 is 0 Å². The van der Waals surface area contributed by atoms with Gasteiger partial charge in [-0.1, -0.05) is 6.92 Å². The highest BCUT2D eigenvalue weighted by Gasteiger charge is 2.04. The Hall–Kier alpha value is -1.84. The molecule has 2 N–H and O–H groups in total. The topological polar surface area (TPSA) is 56.7 Å². The second-order valence-electron chi connectivity index (χ2n) is 3.03. The Bertz CT molecular complexity index is 419. The Labute approximate surface area is 82.4 Å². The van der Waals surface area contributed by atoms with E-state index in [0.29, 0.717) is 5.82 Å². The zero-order valence-electron chi connectivity index (χ0n) is 8.01. The summed E-state index contributed by atoms with van der Waals surface area (Å²) in [7, 11) is 0. The molecule has 4 nitrogen and oxygen atoms in total. The normalized spacial score (nSPS) is 10.4. The summed E-state index contributed by atoms with van der Waals surface area (Å²) < 4.78 is 1.72. The van der Waals surface area contributed by atoms with Crippen LogP contribution in [-0.4, -0.2) is 14.8 Å². The van der Waals surface area contributed by atoms with Crippen molar-refractivity contribution in [3.63, 3.8) is 0 Å². The Balaban J connectivity index is 2.46. The van der Waals surface area contributed by atoms with E-state index in [9.17, 15) is 0 Å². The molecule has 0 aliphatic carbocycles. The van der Waals surface area contributed by atoms with E-state index in [1.54, 1.807) is 17.1 Å². The summed E-state index contributed by atoms with van der Waals surface area (Å²) in [5.41, 5.74) is 7.77. The SMILES string of the molecule is CCc1cc(N)n(-c2ccncc2)n1. The first-order valence-corrected chi connectivity index (χ1v) is 4.56. The number of anilines is 1. The van der Waals surface area contributed by atoms with E-state index in [-0.39, 0.29) is 0 Å². The summed E-state index contributed by atoms with van der Waals surface area (Å²) in [6.45, 7) is 2.05. The summed E-state index contributed by atoms with van der Waals surface area (Å²) in [6, 6.07) is 5.64. The standard InChI is InChI=1S/C10H12N4/c1-2-8-7-10(11)14(13-8)9-3-5-12-6-4-9/h3-7H,2,11H2,1H3. The maximum atomic E-state index is 5.83. The lowest BCUT2D eigenvalue weighted by Crippen LogP contribution is -2.01. The Kier molecular flexibility index (Phi) is 2.18. The number of nitrogens with two attached hydrogens (primary N) is 1. The predicted molar refractivity (Wildman–Crippen MR) is 55.1 cm³/mol. The summed E-state index contributed by atoms with van der Waals surface area (Å²) in [5, 5.41) is 4.36. The van der Waals surface area contributed by atoms with Gasteiger partial charge in [0.15, 0.2) is 0 Å². The van der Waals surface area contributed by atoms with Gasteiger partial charge in [-0.2, -0.15) is 5.10 Å². The molecular formula is C10H12N4. The number of pyridine rings is 1. The molecule has 2 rings (SSSR count). The largest absolute Gasteiger partial charge is 0.384 e. The molecule has 0 aliphatic heterocycles. The minimum atomic E-state index is 0.660. The Morgan fingerprint density at radius 1 is 1.36 bits per heavy atom. The molecule has 0 fully saturated rings. The lowest BCUT2D eigenvalue weighted by atomic mass is 10.3. The van der Waals surface area contributed by atoms with Crippen molar-refractivity contribution in [2.45, 2.75) is 13.3 Å². The third-order valence-electron chi connectivity index (χ3n) is 2.06. The average molecular weight is 188 g/mol. The number of rotatable bonds is 2. The molecule has 0 saturated carbocycles. The van der Waals surface area contributed by atoms with Gasteiger partial charge in [-0.05, 0) is 18.6 Å². The minimum absolute atomic E-state index is 0.660. The molecule has 0 saturated heterocycles. The number of hydrogen-bond donors (Lipinski definition) is 1. The molecule has 0 spiro atoms. The lowest BCUT2D eigenvalue weighted by molar-refractivity contribution is 0.847. The van der Waals surface area contributed by atoms with Crippen LogP contribution >= 0.6 is 0 Å². The molecule has 2 aromatic rings. The van der Waals surface area contributed by atoms with Crippen LogP contribution in [0.3, 0.4) is 0 Å². The number of aromatic nitrogens is 3. The fourth-order valence-electron chi connectivity index (χ4n) is 1.31. The highest BCUT2D eigenvalue weighted by Crippen LogP contribution is 2.13. The first kappa shape index (κ1) is 8.74. The van der Waals surface area contributed by atoms with Crippen LogP contribution in [0.1, 0.15) is 12.6 Å². The molecule has 2 heterocycles. The van der Waals surface area contributed by atoms with Crippen molar-refractivity contribution in [1.82, 2.24) is 14.8 Å². The molecule has 0 amide bonds. The highest BCUT2D eigenvalue weighted by atomic mass is 15.3. The third kappa shape index (κ3) is 1.46. The first-order valence-electron chi connectivity index (χ1n) is 4.56. The van der Waals surface area contributed by atoms with Crippen LogP contribution in [0, 0.1) is 0 Å². The second-order valence-corrected chi connectivity index (χ2v) is 3.03. The van der Waals surface area contributed by atoms with Crippen molar-refractivity contribution >= 4 is 5.82 Å². The van der Waals surface area contributed by atoms with Gasteiger partial charge in [0.25, 0.3) is 0 Å². The van der Waals surface area contributed by atoms with E-state index in [1.165, 1.54) is 0 Å². The average Bonchev–Trinajstić information content (AvgIpc) is 2.61. The number of hydrogen-bond acceptors (Lipinski definition) is 3. The zero-order chi connectivity index (χ0) is 9.97. The molecule has 0 radical (unpaired) electrons. The van der Waals surface area contributed by atoms with E-state index in [2.05, 4.69) is 17.0 Å². The Morgan fingerprint density at radius 3 is 2.64 bits per heavy atom. The summed E-state index contributed by atoms with van der Waals surface area (Å²) in [5.74, 6) is 0.660.